The van der Waals surface area contributed by atoms with Gasteiger partial charge in [-0.2, -0.15) is 5.10 Å². The van der Waals surface area contributed by atoms with Crippen LogP contribution in [0, 0.1) is 12.3 Å². The van der Waals surface area contributed by atoms with Gasteiger partial charge in [0.1, 0.15) is 5.84 Å². The Bertz CT molecular complexity index is 1340. The summed E-state index contributed by atoms with van der Waals surface area (Å²) in [7, 11) is 4.07. The van der Waals surface area contributed by atoms with Gasteiger partial charge in [0.05, 0.1) is 35.2 Å². The molecule has 2 heterocycles. The second-order valence-corrected chi connectivity index (χ2v) is 11.2. The van der Waals surface area contributed by atoms with E-state index in [9.17, 15) is 0 Å². The fourth-order valence-electron chi connectivity index (χ4n) is 6.20. The molecule has 1 aromatic heterocycles. The first-order valence-electron chi connectivity index (χ1n) is 14.4. The molecule has 4 N–H and O–H groups in total. The van der Waals surface area contributed by atoms with E-state index in [1.807, 2.05) is 32.2 Å². The zero-order valence-corrected chi connectivity index (χ0v) is 24.7. The molecular formula is C31H45FN8. The highest BCUT2D eigenvalue weighted by Crippen LogP contribution is 2.51. The highest BCUT2D eigenvalue weighted by molar-refractivity contribution is 6.01. The maximum atomic E-state index is 17.1. The van der Waals surface area contributed by atoms with Gasteiger partial charge >= 0.3 is 0 Å². The lowest BCUT2D eigenvalue weighted by molar-refractivity contribution is 0.354. The number of halogens is 1. The number of aryl methyl sites for hydroxylation is 1. The Labute approximate surface area is 238 Å². The SMILES string of the molecule is C=CCCN(CCNC)C(=NC1CCN(C)C1)C1(C)CC(CC)=C(c2c(C)ccc3[nH]ncc23)C(F)=C1N=CN. The monoisotopic (exact) mass is 548 g/mol. The number of hydrogen-bond donors (Lipinski definition) is 3. The summed E-state index contributed by atoms with van der Waals surface area (Å²) < 4.78 is 17.1. The largest absolute Gasteiger partial charge is 0.390 e. The van der Waals surface area contributed by atoms with Crippen LogP contribution in [0.5, 0.6) is 0 Å². The number of nitrogens with zero attached hydrogens (tertiary/aromatic N) is 5. The molecule has 216 valence electrons. The third-order valence-electron chi connectivity index (χ3n) is 8.28. The van der Waals surface area contributed by atoms with Gasteiger partial charge in [0.25, 0.3) is 0 Å². The van der Waals surface area contributed by atoms with Crippen LogP contribution in [0.25, 0.3) is 16.5 Å². The Morgan fingerprint density at radius 3 is 2.85 bits per heavy atom. The van der Waals surface area contributed by atoms with Gasteiger partial charge in [-0.15, -0.1) is 6.58 Å². The molecule has 2 aromatic rings. The number of aromatic amines is 1. The lowest BCUT2D eigenvalue weighted by Crippen LogP contribution is -2.48. The molecule has 0 spiro atoms. The zero-order valence-electron chi connectivity index (χ0n) is 24.7. The molecule has 9 heteroatoms. The van der Waals surface area contributed by atoms with Crippen molar-refractivity contribution >= 4 is 28.7 Å². The number of aliphatic imine (C=N–C) groups is 2. The molecule has 1 fully saturated rings. The topological polar surface area (TPSA) is 97.9 Å². The van der Waals surface area contributed by atoms with E-state index in [0.717, 1.165) is 79.0 Å². The molecule has 1 aliphatic heterocycles. The Kier molecular flexibility index (Phi) is 9.58. The molecule has 4 rings (SSSR count). The molecule has 40 heavy (non-hydrogen) atoms. The number of likely N-dealkylation sites (tertiary alicyclic amines) is 1. The average molecular weight is 549 g/mol. The number of hydrogen-bond acceptors (Lipinski definition) is 5. The number of nitrogens with two attached hydrogens (primary N) is 1. The van der Waals surface area contributed by atoms with E-state index in [2.05, 4.69) is 57.8 Å². The third kappa shape index (κ3) is 5.76. The minimum Gasteiger partial charge on any atom is -0.390 e. The van der Waals surface area contributed by atoms with E-state index in [4.69, 9.17) is 10.7 Å². The highest BCUT2D eigenvalue weighted by Gasteiger charge is 2.45. The summed E-state index contributed by atoms with van der Waals surface area (Å²) in [5.41, 5.74) is 9.83. The van der Waals surface area contributed by atoms with Crippen molar-refractivity contribution < 1.29 is 4.39 Å². The molecule has 2 unspecified atom stereocenters. The number of amidine groups is 1. The van der Waals surface area contributed by atoms with Crippen LogP contribution in [-0.4, -0.2) is 85.0 Å². The maximum absolute atomic E-state index is 17.1. The predicted molar refractivity (Wildman–Crippen MR) is 165 cm³/mol. The molecule has 0 saturated carbocycles. The zero-order chi connectivity index (χ0) is 28.9. The molecule has 1 saturated heterocycles. The van der Waals surface area contributed by atoms with Gasteiger partial charge < -0.3 is 20.9 Å². The van der Waals surface area contributed by atoms with Gasteiger partial charge in [0.2, 0.25) is 0 Å². The smallest absolute Gasteiger partial charge is 0.153 e. The quantitative estimate of drug-likeness (QED) is 0.213. The summed E-state index contributed by atoms with van der Waals surface area (Å²) in [6, 6.07) is 4.14. The van der Waals surface area contributed by atoms with Gasteiger partial charge in [-0.3, -0.25) is 10.1 Å². The maximum Gasteiger partial charge on any atom is 0.153 e. The van der Waals surface area contributed by atoms with E-state index in [0.29, 0.717) is 24.1 Å². The van der Waals surface area contributed by atoms with Crippen LogP contribution in [-0.2, 0) is 0 Å². The molecule has 2 aliphatic rings. The highest BCUT2D eigenvalue weighted by atomic mass is 19.1. The minimum atomic E-state index is -0.803. The second-order valence-electron chi connectivity index (χ2n) is 11.2. The van der Waals surface area contributed by atoms with Gasteiger partial charge in [0.15, 0.2) is 5.83 Å². The number of benzene rings is 1. The molecule has 1 aliphatic carbocycles. The van der Waals surface area contributed by atoms with Crippen molar-refractivity contribution in [2.24, 2.45) is 21.1 Å². The van der Waals surface area contributed by atoms with Crippen LogP contribution in [0.4, 0.5) is 4.39 Å². The van der Waals surface area contributed by atoms with Crippen molar-refractivity contribution in [1.82, 2.24) is 25.3 Å². The van der Waals surface area contributed by atoms with Crippen molar-refractivity contribution in [2.75, 3.05) is 46.8 Å². The average Bonchev–Trinajstić information content (AvgIpc) is 3.59. The molecule has 8 nitrogen and oxygen atoms in total. The summed E-state index contributed by atoms with van der Waals surface area (Å²) in [4.78, 5) is 14.6. The number of fused-ring (bicyclic) bond motifs is 1. The van der Waals surface area contributed by atoms with Crippen molar-refractivity contribution in [3.8, 4) is 0 Å². The molecular weight excluding hydrogens is 503 g/mol. The fraction of sp³-hybridized carbons (Fsp3) is 0.516. The van der Waals surface area contributed by atoms with Crippen LogP contribution in [0.3, 0.4) is 0 Å². The number of rotatable bonds is 11. The molecule has 1 aromatic carbocycles. The summed E-state index contributed by atoms with van der Waals surface area (Å²) >= 11 is 0. The van der Waals surface area contributed by atoms with Crippen LogP contribution < -0.4 is 11.1 Å². The fourth-order valence-corrected chi connectivity index (χ4v) is 6.20. The van der Waals surface area contributed by atoms with Crippen molar-refractivity contribution in [1.29, 1.82) is 0 Å². The molecule has 0 radical (unpaired) electrons. The number of nitrogens with one attached hydrogen (secondary N) is 2. The Balaban J connectivity index is 1.94. The number of H-pyrrole nitrogens is 1. The van der Waals surface area contributed by atoms with Crippen molar-refractivity contribution in [2.45, 2.75) is 52.5 Å². The van der Waals surface area contributed by atoms with E-state index in [1.54, 1.807) is 6.20 Å². The first kappa shape index (κ1) is 29.7. The summed E-state index contributed by atoms with van der Waals surface area (Å²) in [6.07, 6.45) is 8.00. The molecule has 0 amide bonds. The first-order chi connectivity index (χ1) is 19.3. The molecule has 2 atom stereocenters. The Morgan fingerprint density at radius 1 is 1.40 bits per heavy atom. The standard InChI is InChI=1S/C31H45FN8/c1-7-9-14-40(16-13-34-5)30(37-23-12-15-39(6)19-23)31(4)17-22(8-2)27(28(32)29(31)35-20-33)26-21(3)10-11-25-24(26)18-36-38-25/h7,10-11,18,20,23,34H,1,8-9,12-17,19H2,2-6H3,(H2,33,35)(H,36,38). The predicted octanol–water partition coefficient (Wildman–Crippen LogP) is 4.81. The number of aromatic nitrogens is 2. The normalized spacial score (nSPS) is 22.8. The summed E-state index contributed by atoms with van der Waals surface area (Å²) in [5.74, 6) is 0.543. The van der Waals surface area contributed by atoms with E-state index >= 15 is 4.39 Å². The van der Waals surface area contributed by atoms with Crippen LogP contribution in [0.2, 0.25) is 0 Å². The van der Waals surface area contributed by atoms with E-state index < -0.39 is 5.41 Å². The Morgan fingerprint density at radius 2 is 2.20 bits per heavy atom. The molecule has 0 bridgehead atoms. The van der Waals surface area contributed by atoms with E-state index in [1.165, 1.54) is 6.34 Å². The van der Waals surface area contributed by atoms with Crippen LogP contribution in [0.1, 0.15) is 50.7 Å². The third-order valence-corrected chi connectivity index (χ3v) is 8.28. The first-order valence-corrected chi connectivity index (χ1v) is 14.4. The Hall–Kier alpha value is -3.30. The van der Waals surface area contributed by atoms with Crippen LogP contribution >= 0.6 is 0 Å². The van der Waals surface area contributed by atoms with Crippen LogP contribution in [0.15, 0.2) is 58.1 Å². The summed E-state index contributed by atoms with van der Waals surface area (Å²) in [5, 5.41) is 11.5. The number of allylic oxidation sites excluding steroid dienone is 3. The van der Waals surface area contributed by atoms with Gasteiger partial charge in [0, 0.05) is 37.1 Å². The minimum absolute atomic E-state index is 0.140. The number of likely N-dealkylation sites (N-methyl/N-ethyl adjacent to an activating group) is 2. The lowest BCUT2D eigenvalue weighted by Gasteiger charge is -2.42. The van der Waals surface area contributed by atoms with Gasteiger partial charge in [-0.1, -0.05) is 24.6 Å². The summed E-state index contributed by atoms with van der Waals surface area (Å²) in [6.45, 7) is 14.3. The van der Waals surface area contributed by atoms with E-state index in [-0.39, 0.29) is 11.9 Å². The van der Waals surface area contributed by atoms with Gasteiger partial charge in [-0.05, 0) is 77.4 Å². The van der Waals surface area contributed by atoms with Gasteiger partial charge in [-0.25, -0.2) is 9.38 Å². The lowest BCUT2D eigenvalue weighted by atomic mass is 9.70. The second kappa shape index (κ2) is 12.9. The van der Waals surface area contributed by atoms with Crippen molar-refractivity contribution in [3.63, 3.8) is 0 Å². The van der Waals surface area contributed by atoms with Crippen molar-refractivity contribution in [3.05, 3.63) is 59.2 Å².